The predicted octanol–water partition coefficient (Wildman–Crippen LogP) is 3.52. The highest BCUT2D eigenvalue weighted by molar-refractivity contribution is 7.14. The van der Waals surface area contributed by atoms with Crippen molar-refractivity contribution >= 4 is 28.1 Å². The Kier molecular flexibility index (Phi) is 5.24. The summed E-state index contributed by atoms with van der Waals surface area (Å²) in [6.45, 7) is 0.226. The molecule has 1 aliphatic rings. The Balaban J connectivity index is 1.65. The van der Waals surface area contributed by atoms with Crippen LogP contribution in [0.3, 0.4) is 0 Å². The molecule has 0 radical (unpaired) electrons. The van der Waals surface area contributed by atoms with Gasteiger partial charge in [-0.1, -0.05) is 18.1 Å². The molecule has 122 valence electrons. The van der Waals surface area contributed by atoms with E-state index in [2.05, 4.69) is 26.7 Å². The fourth-order valence-corrected chi connectivity index (χ4v) is 3.17. The lowest BCUT2D eigenvalue weighted by atomic mass is 10.1. The SMILES string of the molecule is C#CCNC(=O)c1ccc(-c2csc(NN=C3CCCC3)n2)cc1. The third-order valence-corrected chi connectivity index (χ3v) is 4.54. The minimum Gasteiger partial charge on any atom is -0.341 e. The van der Waals surface area contributed by atoms with Crippen molar-refractivity contribution in [1.29, 1.82) is 0 Å². The van der Waals surface area contributed by atoms with E-state index < -0.39 is 0 Å². The lowest BCUT2D eigenvalue weighted by molar-refractivity contribution is 0.0958. The number of hydrazone groups is 1. The zero-order valence-electron chi connectivity index (χ0n) is 13.2. The van der Waals surface area contributed by atoms with Crippen LogP contribution in [0.5, 0.6) is 0 Å². The molecule has 3 rings (SSSR count). The summed E-state index contributed by atoms with van der Waals surface area (Å²) in [5.74, 6) is 2.21. The maximum atomic E-state index is 11.8. The number of hydrogen-bond donors (Lipinski definition) is 2. The summed E-state index contributed by atoms with van der Waals surface area (Å²) in [5, 5.41) is 9.81. The van der Waals surface area contributed by atoms with E-state index in [0.717, 1.165) is 29.2 Å². The Labute approximate surface area is 145 Å². The summed E-state index contributed by atoms with van der Waals surface area (Å²) >= 11 is 1.52. The quantitative estimate of drug-likeness (QED) is 0.647. The molecule has 24 heavy (non-hydrogen) atoms. The number of rotatable bonds is 5. The average Bonchev–Trinajstić information content (AvgIpc) is 3.29. The zero-order chi connectivity index (χ0) is 16.8. The van der Waals surface area contributed by atoms with Gasteiger partial charge in [0.05, 0.1) is 12.2 Å². The standard InChI is InChI=1S/C18H18N4OS/c1-2-11-19-17(23)14-9-7-13(8-10-14)16-12-24-18(20-16)22-21-15-5-3-4-6-15/h1,7-10,12H,3-6,11H2,(H,19,23)(H,20,22). The molecule has 1 aromatic heterocycles. The molecule has 2 N–H and O–H groups in total. The second-order valence-electron chi connectivity index (χ2n) is 5.50. The van der Waals surface area contributed by atoms with Gasteiger partial charge in [-0.2, -0.15) is 5.10 Å². The Bertz CT molecular complexity index is 778. The van der Waals surface area contributed by atoms with Crippen LogP contribution in [0.4, 0.5) is 5.13 Å². The second-order valence-corrected chi connectivity index (χ2v) is 6.36. The molecule has 6 heteroatoms. The number of anilines is 1. The molecule has 1 saturated carbocycles. The van der Waals surface area contributed by atoms with Gasteiger partial charge in [0.25, 0.3) is 5.91 Å². The average molecular weight is 338 g/mol. The van der Waals surface area contributed by atoms with Gasteiger partial charge in [-0.15, -0.1) is 17.8 Å². The Morgan fingerprint density at radius 3 is 2.75 bits per heavy atom. The van der Waals surface area contributed by atoms with Crippen LogP contribution >= 0.6 is 11.3 Å². The molecule has 1 aromatic carbocycles. The summed E-state index contributed by atoms with van der Waals surface area (Å²) in [6.07, 6.45) is 9.74. The van der Waals surface area contributed by atoms with E-state index in [4.69, 9.17) is 6.42 Å². The van der Waals surface area contributed by atoms with E-state index >= 15 is 0 Å². The Hall–Kier alpha value is -2.65. The molecule has 2 aromatic rings. The molecule has 0 aliphatic heterocycles. The van der Waals surface area contributed by atoms with Gasteiger partial charge in [0.15, 0.2) is 0 Å². The highest BCUT2D eigenvalue weighted by Crippen LogP contribution is 2.25. The maximum absolute atomic E-state index is 11.8. The van der Waals surface area contributed by atoms with Gasteiger partial charge in [-0.25, -0.2) is 4.98 Å². The lowest BCUT2D eigenvalue weighted by Gasteiger charge is -2.02. The van der Waals surface area contributed by atoms with Crippen molar-refractivity contribution in [2.75, 3.05) is 12.0 Å². The smallest absolute Gasteiger partial charge is 0.252 e. The van der Waals surface area contributed by atoms with Crippen LogP contribution in [0, 0.1) is 12.3 Å². The number of carbonyl (C=O) groups excluding carboxylic acids is 1. The first kappa shape index (κ1) is 16.2. The van der Waals surface area contributed by atoms with Gasteiger partial charge in [0.2, 0.25) is 5.13 Å². The highest BCUT2D eigenvalue weighted by Gasteiger charge is 2.09. The number of terminal acetylenes is 1. The topological polar surface area (TPSA) is 66.4 Å². The molecule has 1 fully saturated rings. The second kappa shape index (κ2) is 7.75. The monoisotopic (exact) mass is 338 g/mol. The number of thiazole rings is 1. The third-order valence-electron chi connectivity index (χ3n) is 3.79. The third kappa shape index (κ3) is 4.00. The molecule has 0 atom stereocenters. The number of nitrogens with one attached hydrogen (secondary N) is 2. The zero-order valence-corrected chi connectivity index (χ0v) is 14.0. The number of benzene rings is 1. The molecule has 1 heterocycles. The molecule has 1 aliphatic carbocycles. The van der Waals surface area contributed by atoms with E-state index in [0.29, 0.717) is 5.56 Å². The first-order valence-corrected chi connectivity index (χ1v) is 8.73. The molecule has 0 spiro atoms. The van der Waals surface area contributed by atoms with Gasteiger partial charge in [-0.05, 0) is 37.8 Å². The normalized spacial score (nSPS) is 13.4. The molecule has 0 unspecified atom stereocenters. The van der Waals surface area contributed by atoms with E-state index in [1.54, 1.807) is 12.1 Å². The van der Waals surface area contributed by atoms with Gasteiger partial charge in [-0.3, -0.25) is 10.2 Å². The molecular formula is C18H18N4OS. The van der Waals surface area contributed by atoms with Crippen molar-refractivity contribution in [2.24, 2.45) is 5.10 Å². The fraction of sp³-hybridized carbons (Fsp3) is 0.278. The van der Waals surface area contributed by atoms with E-state index in [-0.39, 0.29) is 12.5 Å². The Morgan fingerprint density at radius 1 is 1.29 bits per heavy atom. The summed E-state index contributed by atoms with van der Waals surface area (Å²) in [7, 11) is 0. The van der Waals surface area contributed by atoms with E-state index in [9.17, 15) is 4.79 Å². The van der Waals surface area contributed by atoms with Crippen molar-refractivity contribution in [3.8, 4) is 23.6 Å². The van der Waals surface area contributed by atoms with E-state index in [1.165, 1.54) is 29.9 Å². The number of carbonyl (C=O) groups is 1. The lowest BCUT2D eigenvalue weighted by Crippen LogP contribution is -2.23. The maximum Gasteiger partial charge on any atom is 0.252 e. The van der Waals surface area contributed by atoms with Crippen LogP contribution in [0.25, 0.3) is 11.3 Å². The van der Waals surface area contributed by atoms with Crippen LogP contribution in [0.2, 0.25) is 0 Å². The van der Waals surface area contributed by atoms with Gasteiger partial charge in [0.1, 0.15) is 0 Å². The van der Waals surface area contributed by atoms with Crippen molar-refractivity contribution in [3.05, 3.63) is 35.2 Å². The molecule has 0 saturated heterocycles. The minimum atomic E-state index is -0.174. The van der Waals surface area contributed by atoms with Crippen molar-refractivity contribution in [1.82, 2.24) is 10.3 Å². The largest absolute Gasteiger partial charge is 0.341 e. The highest BCUT2D eigenvalue weighted by atomic mass is 32.1. The van der Waals surface area contributed by atoms with Crippen molar-refractivity contribution in [2.45, 2.75) is 25.7 Å². The predicted molar refractivity (Wildman–Crippen MR) is 98.2 cm³/mol. The minimum absolute atomic E-state index is 0.174. The number of amides is 1. The van der Waals surface area contributed by atoms with Crippen LogP contribution in [-0.4, -0.2) is 23.1 Å². The van der Waals surface area contributed by atoms with Crippen LogP contribution < -0.4 is 10.7 Å². The van der Waals surface area contributed by atoms with Crippen LogP contribution in [0.1, 0.15) is 36.0 Å². The summed E-state index contributed by atoms with van der Waals surface area (Å²) in [5.41, 5.74) is 6.66. The van der Waals surface area contributed by atoms with Gasteiger partial charge >= 0.3 is 0 Å². The number of nitrogens with zero attached hydrogens (tertiary/aromatic N) is 2. The van der Waals surface area contributed by atoms with Crippen molar-refractivity contribution < 1.29 is 4.79 Å². The number of hydrogen-bond acceptors (Lipinski definition) is 5. The summed E-state index contributed by atoms with van der Waals surface area (Å²) in [6, 6.07) is 7.30. The molecule has 0 bridgehead atoms. The van der Waals surface area contributed by atoms with Gasteiger partial charge < -0.3 is 5.32 Å². The van der Waals surface area contributed by atoms with Crippen LogP contribution in [0.15, 0.2) is 34.7 Å². The first-order chi connectivity index (χ1) is 11.8. The summed E-state index contributed by atoms with van der Waals surface area (Å²) in [4.78, 5) is 16.4. The first-order valence-electron chi connectivity index (χ1n) is 7.85. The van der Waals surface area contributed by atoms with E-state index in [1.807, 2.05) is 17.5 Å². The summed E-state index contributed by atoms with van der Waals surface area (Å²) < 4.78 is 0. The molecule has 5 nitrogen and oxygen atoms in total. The molecule has 1 amide bonds. The number of aromatic nitrogens is 1. The molecular weight excluding hydrogens is 320 g/mol. The Morgan fingerprint density at radius 2 is 2.04 bits per heavy atom. The van der Waals surface area contributed by atoms with Gasteiger partial charge in [0, 0.05) is 22.2 Å². The fourth-order valence-electron chi connectivity index (χ4n) is 2.51. The van der Waals surface area contributed by atoms with Crippen LogP contribution in [-0.2, 0) is 0 Å². The van der Waals surface area contributed by atoms with Crippen molar-refractivity contribution in [3.63, 3.8) is 0 Å².